The van der Waals surface area contributed by atoms with Crippen molar-refractivity contribution >= 4 is 5.97 Å². The number of carbonyl (C=O) groups is 1. The number of aliphatic hydroxyl groups excluding tert-OH is 8. The van der Waals surface area contributed by atoms with Crippen molar-refractivity contribution in [2.24, 2.45) is 0 Å². The minimum atomic E-state index is -2.39. The van der Waals surface area contributed by atoms with Crippen LogP contribution in [-0.2, 0) is 14.3 Å². The summed E-state index contributed by atoms with van der Waals surface area (Å²) in [5.41, 5.74) is 0. The van der Waals surface area contributed by atoms with Gasteiger partial charge in [0.1, 0.15) is 42.7 Å². The molecule has 12 nitrogen and oxygen atoms in total. The number of rotatable bonds is 8. The summed E-state index contributed by atoms with van der Waals surface area (Å²) >= 11 is 0. The summed E-state index contributed by atoms with van der Waals surface area (Å²) in [7, 11) is 0. The zero-order chi connectivity index (χ0) is 18.6. The van der Waals surface area contributed by atoms with Crippen molar-refractivity contribution in [1.29, 1.82) is 0 Å². The first-order chi connectivity index (χ1) is 11.1. The number of ether oxygens (including phenoxy) is 2. The maximum atomic E-state index is 10.7. The zero-order valence-electron chi connectivity index (χ0n) is 12.4. The van der Waals surface area contributed by atoms with Gasteiger partial charge in [0, 0.05) is 0 Å². The highest BCUT2D eigenvalue weighted by Gasteiger charge is 2.47. The van der Waals surface area contributed by atoms with Crippen LogP contribution >= 0.6 is 0 Å². The molecule has 0 aliphatic carbocycles. The molecule has 1 saturated heterocycles. The van der Waals surface area contributed by atoms with E-state index in [-0.39, 0.29) is 0 Å². The third-order valence-corrected chi connectivity index (χ3v) is 3.62. The average molecular weight is 358 g/mol. The topological polar surface area (TPSA) is 218 Å². The van der Waals surface area contributed by atoms with E-state index in [0.29, 0.717) is 0 Å². The largest absolute Gasteiger partial charge is 0.479 e. The van der Waals surface area contributed by atoms with E-state index in [1.54, 1.807) is 0 Å². The third kappa shape index (κ3) is 4.58. The van der Waals surface area contributed by atoms with Crippen LogP contribution in [0.25, 0.3) is 0 Å². The molecule has 0 aromatic heterocycles. The van der Waals surface area contributed by atoms with Crippen LogP contribution in [0.3, 0.4) is 0 Å². The predicted octanol–water partition coefficient (Wildman–Crippen LogP) is -5.67. The van der Waals surface area contributed by atoms with Gasteiger partial charge in [-0.25, -0.2) is 4.79 Å². The Morgan fingerprint density at radius 2 is 1.62 bits per heavy atom. The summed E-state index contributed by atoms with van der Waals surface area (Å²) in [4.78, 5) is 10.7. The Kier molecular flexibility index (Phi) is 7.88. The second-order valence-electron chi connectivity index (χ2n) is 5.32. The number of carboxylic acid groups (broad SMARTS) is 1. The minimum absolute atomic E-state index is 0.766. The van der Waals surface area contributed by atoms with E-state index in [1.165, 1.54) is 0 Å². The number of carboxylic acids is 1. The van der Waals surface area contributed by atoms with Crippen LogP contribution in [0.15, 0.2) is 0 Å². The van der Waals surface area contributed by atoms with Crippen LogP contribution in [0.4, 0.5) is 0 Å². The zero-order valence-corrected chi connectivity index (χ0v) is 12.4. The molecule has 9 N–H and O–H groups in total. The first-order valence-electron chi connectivity index (χ1n) is 6.99. The molecule has 1 fully saturated rings. The molecule has 1 unspecified atom stereocenters. The molecule has 24 heavy (non-hydrogen) atoms. The van der Waals surface area contributed by atoms with Crippen molar-refractivity contribution in [3.05, 3.63) is 0 Å². The monoisotopic (exact) mass is 358 g/mol. The molecule has 0 spiro atoms. The summed E-state index contributed by atoms with van der Waals surface area (Å²) in [6, 6.07) is 0. The molecule has 0 radical (unpaired) electrons. The Bertz CT molecular complexity index is 403. The number of hydrogen-bond donors (Lipinski definition) is 9. The average Bonchev–Trinajstić information content (AvgIpc) is 2.57. The quantitative estimate of drug-likeness (QED) is 0.198. The lowest BCUT2D eigenvalue weighted by molar-refractivity contribution is -0.326. The van der Waals surface area contributed by atoms with Crippen LogP contribution in [0.1, 0.15) is 0 Å². The molecule has 0 aromatic carbocycles. The first kappa shape index (κ1) is 21.1. The maximum Gasteiger partial charge on any atom is 0.335 e. The molecule has 0 saturated carbocycles. The fourth-order valence-corrected chi connectivity index (χ4v) is 2.16. The Morgan fingerprint density at radius 1 is 1.04 bits per heavy atom. The molecule has 12 heteroatoms. The lowest BCUT2D eigenvalue weighted by Crippen LogP contribution is -2.61. The van der Waals surface area contributed by atoms with E-state index in [4.69, 9.17) is 24.8 Å². The summed E-state index contributed by atoms with van der Waals surface area (Å²) in [5.74, 6) is -1.84. The van der Waals surface area contributed by atoms with Gasteiger partial charge in [-0.1, -0.05) is 0 Å². The minimum Gasteiger partial charge on any atom is -0.479 e. The summed E-state index contributed by atoms with van der Waals surface area (Å²) in [5, 5.41) is 84.5. The highest BCUT2D eigenvalue weighted by Crippen LogP contribution is 2.24. The van der Waals surface area contributed by atoms with Gasteiger partial charge in [0.15, 0.2) is 12.4 Å². The molecule has 1 aliphatic heterocycles. The van der Waals surface area contributed by atoms with Crippen LogP contribution in [0.2, 0.25) is 0 Å². The molecule has 0 aromatic rings. The van der Waals surface area contributed by atoms with Gasteiger partial charge in [-0.05, 0) is 0 Å². The molecule has 1 heterocycles. The smallest absolute Gasteiger partial charge is 0.335 e. The Balaban J connectivity index is 2.94. The van der Waals surface area contributed by atoms with Crippen molar-refractivity contribution in [2.45, 2.75) is 55.1 Å². The van der Waals surface area contributed by atoms with Crippen molar-refractivity contribution in [3.63, 3.8) is 0 Å². The summed E-state index contributed by atoms with van der Waals surface area (Å²) in [6.45, 7) is -1.76. The molecule has 9 atom stereocenters. The second kappa shape index (κ2) is 8.96. The molecule has 1 rings (SSSR count). The predicted molar refractivity (Wildman–Crippen MR) is 71.4 cm³/mol. The lowest BCUT2D eigenvalue weighted by atomic mass is 9.98. The van der Waals surface area contributed by atoms with Gasteiger partial charge in [-0.3, -0.25) is 0 Å². The molecular formula is C12H22O12. The highest BCUT2D eigenvalue weighted by molar-refractivity contribution is 5.72. The van der Waals surface area contributed by atoms with Gasteiger partial charge in [0.25, 0.3) is 0 Å². The van der Waals surface area contributed by atoms with Gasteiger partial charge in [0.2, 0.25) is 0 Å². The van der Waals surface area contributed by atoms with E-state index < -0.39 is 74.3 Å². The Morgan fingerprint density at radius 3 is 2.08 bits per heavy atom. The van der Waals surface area contributed by atoms with E-state index in [9.17, 15) is 35.4 Å². The van der Waals surface area contributed by atoms with Crippen molar-refractivity contribution in [1.82, 2.24) is 0 Å². The van der Waals surface area contributed by atoms with Crippen LogP contribution < -0.4 is 0 Å². The molecule has 1 aliphatic rings. The first-order valence-corrected chi connectivity index (χ1v) is 6.99. The van der Waals surface area contributed by atoms with E-state index in [0.717, 1.165) is 0 Å². The fourth-order valence-electron chi connectivity index (χ4n) is 2.16. The van der Waals surface area contributed by atoms with E-state index in [1.807, 2.05) is 0 Å². The standard InChI is InChI=1S/C12H22O12/c13-1-3(15)10(7(18)8(19)11(21)22)24-12-9(20)6(17)5(16)4(2-14)23-12/h3-10,12-20H,1-2H2,(H,21,22)/t3-,4-,5+,6+,7-,8?,9-,10+,12+/m1/s1. The molecular weight excluding hydrogens is 336 g/mol. The van der Waals surface area contributed by atoms with Gasteiger partial charge < -0.3 is 55.4 Å². The van der Waals surface area contributed by atoms with E-state index >= 15 is 0 Å². The third-order valence-electron chi connectivity index (χ3n) is 3.62. The van der Waals surface area contributed by atoms with Crippen LogP contribution in [-0.4, -0.2) is 120 Å². The van der Waals surface area contributed by atoms with Crippen LogP contribution in [0, 0.1) is 0 Å². The van der Waals surface area contributed by atoms with Crippen molar-refractivity contribution in [2.75, 3.05) is 13.2 Å². The molecule has 142 valence electrons. The van der Waals surface area contributed by atoms with Gasteiger partial charge >= 0.3 is 5.97 Å². The highest BCUT2D eigenvalue weighted by atomic mass is 16.7. The van der Waals surface area contributed by atoms with Gasteiger partial charge in [0.05, 0.1) is 13.2 Å². The second-order valence-corrected chi connectivity index (χ2v) is 5.32. The SMILES string of the molecule is O=C(O)C(O)[C@@H](O)[C@@H](O[C@@H]1O[C@H](CO)[C@H](O)[C@H](O)[C@H]1O)[C@H](O)CO. The number of aliphatic carboxylic acids is 1. The maximum absolute atomic E-state index is 10.7. The van der Waals surface area contributed by atoms with Crippen molar-refractivity contribution in [3.8, 4) is 0 Å². The fraction of sp³-hybridized carbons (Fsp3) is 0.917. The normalized spacial score (nSPS) is 35.9. The van der Waals surface area contributed by atoms with Crippen LogP contribution in [0.5, 0.6) is 0 Å². The number of aliphatic hydroxyl groups is 8. The molecule has 0 bridgehead atoms. The van der Waals surface area contributed by atoms with Crippen molar-refractivity contribution < 1.29 is 60.2 Å². The summed E-state index contributed by atoms with van der Waals surface area (Å²) < 4.78 is 9.98. The molecule has 0 amide bonds. The van der Waals surface area contributed by atoms with Gasteiger partial charge in [-0.2, -0.15) is 0 Å². The Hall–Kier alpha value is -0.930. The summed E-state index contributed by atoms with van der Waals surface area (Å²) in [6.07, 6.45) is -16.9. The van der Waals surface area contributed by atoms with Gasteiger partial charge in [-0.15, -0.1) is 0 Å². The van der Waals surface area contributed by atoms with E-state index in [2.05, 4.69) is 0 Å². The lowest BCUT2D eigenvalue weighted by Gasteiger charge is -2.42. The number of hydrogen-bond acceptors (Lipinski definition) is 11. The Labute approximate surface area is 135 Å².